The third-order valence-corrected chi connectivity index (χ3v) is 6.67. The van der Waals surface area contributed by atoms with E-state index in [0.717, 1.165) is 19.3 Å². The van der Waals surface area contributed by atoms with Crippen LogP contribution in [0.2, 0.25) is 0 Å². The maximum absolute atomic E-state index is 12.5. The summed E-state index contributed by atoms with van der Waals surface area (Å²) in [6, 6.07) is 0. The van der Waals surface area contributed by atoms with Crippen LogP contribution in [0, 0.1) is 5.92 Å². The molecule has 2 heterocycles. The van der Waals surface area contributed by atoms with Gasteiger partial charge in [-0.2, -0.15) is 0 Å². The number of ether oxygens (including phenoxy) is 5. The Kier molecular flexibility index (Phi) is 4.81. The average molecular weight is 395 g/mol. The first-order chi connectivity index (χ1) is 13.2. The predicted molar refractivity (Wildman–Crippen MR) is 102 cm³/mol. The van der Waals surface area contributed by atoms with Crippen LogP contribution in [0.5, 0.6) is 0 Å². The number of amides is 1. The van der Waals surface area contributed by atoms with Gasteiger partial charge in [0.25, 0.3) is 0 Å². The molecule has 2 aliphatic carbocycles. The molecule has 0 aromatic rings. The minimum atomic E-state index is -0.498. The van der Waals surface area contributed by atoms with E-state index in [1.54, 1.807) is 14.2 Å². The molecule has 2 spiro atoms. The van der Waals surface area contributed by atoms with Gasteiger partial charge in [0, 0.05) is 14.2 Å². The lowest BCUT2D eigenvalue weighted by molar-refractivity contribution is -0.134. The van der Waals surface area contributed by atoms with Crippen LogP contribution in [-0.4, -0.2) is 68.1 Å². The number of fused-ring (bicyclic) bond motifs is 2. The van der Waals surface area contributed by atoms with E-state index in [1.807, 2.05) is 13.8 Å². The van der Waals surface area contributed by atoms with Gasteiger partial charge in [0.15, 0.2) is 0 Å². The molecule has 2 aliphatic heterocycles. The van der Waals surface area contributed by atoms with Crippen LogP contribution >= 0.6 is 0 Å². The minimum Gasteiger partial charge on any atom is -0.443 e. The van der Waals surface area contributed by atoms with E-state index in [9.17, 15) is 4.79 Å². The zero-order valence-corrected chi connectivity index (χ0v) is 17.7. The first kappa shape index (κ1) is 20.1. The fourth-order valence-corrected chi connectivity index (χ4v) is 5.52. The summed E-state index contributed by atoms with van der Waals surface area (Å²) >= 11 is 0. The quantitative estimate of drug-likeness (QED) is 0.527. The SMILES string of the molecule is COCC(C)(C)NC(=O)OC1CC[C@]23OC2C2(O[C@@H]2CC=C(C)C)C3C1OC. The van der Waals surface area contributed by atoms with Crippen LogP contribution < -0.4 is 5.32 Å². The van der Waals surface area contributed by atoms with Crippen molar-refractivity contribution in [3.05, 3.63) is 11.6 Å². The van der Waals surface area contributed by atoms with Gasteiger partial charge in [0.05, 0.1) is 24.2 Å². The number of epoxide rings is 2. The van der Waals surface area contributed by atoms with Gasteiger partial charge < -0.3 is 29.0 Å². The number of allylic oxidation sites excluding steroid dienone is 1. The largest absolute Gasteiger partial charge is 0.443 e. The molecule has 1 amide bonds. The molecule has 2 saturated carbocycles. The zero-order chi connectivity index (χ0) is 20.3. The molecule has 7 atom stereocenters. The maximum Gasteiger partial charge on any atom is 0.407 e. The Bertz CT molecular complexity index is 674. The summed E-state index contributed by atoms with van der Waals surface area (Å²) < 4.78 is 29.1. The summed E-state index contributed by atoms with van der Waals surface area (Å²) in [7, 11) is 3.30. The average Bonchev–Trinajstić information content (AvgIpc) is 3.47. The first-order valence-electron chi connectivity index (χ1n) is 10.2. The summed E-state index contributed by atoms with van der Waals surface area (Å²) in [5.74, 6) is 0.115. The molecule has 2 saturated heterocycles. The van der Waals surface area contributed by atoms with E-state index >= 15 is 0 Å². The molecule has 28 heavy (non-hydrogen) atoms. The molecule has 0 aromatic carbocycles. The number of carbonyl (C=O) groups is 1. The predicted octanol–water partition coefficient (Wildman–Crippen LogP) is 2.58. The van der Waals surface area contributed by atoms with Gasteiger partial charge in [-0.15, -0.1) is 0 Å². The van der Waals surface area contributed by atoms with Crippen LogP contribution in [0.15, 0.2) is 11.6 Å². The molecule has 4 aliphatic rings. The van der Waals surface area contributed by atoms with Gasteiger partial charge in [0.1, 0.15) is 29.5 Å². The Morgan fingerprint density at radius 1 is 1.29 bits per heavy atom. The van der Waals surface area contributed by atoms with Crippen LogP contribution in [0.4, 0.5) is 4.79 Å². The molecule has 0 aromatic heterocycles. The van der Waals surface area contributed by atoms with Gasteiger partial charge in [0.2, 0.25) is 0 Å². The number of nitrogens with one attached hydrogen (secondary N) is 1. The van der Waals surface area contributed by atoms with Crippen molar-refractivity contribution in [3.63, 3.8) is 0 Å². The van der Waals surface area contributed by atoms with E-state index < -0.39 is 11.6 Å². The number of alkyl carbamates (subject to hydrolysis) is 1. The topological polar surface area (TPSA) is 81.9 Å². The molecule has 4 rings (SSSR count). The Morgan fingerprint density at radius 2 is 2.04 bits per heavy atom. The third-order valence-electron chi connectivity index (χ3n) is 6.67. The van der Waals surface area contributed by atoms with Crippen LogP contribution in [-0.2, 0) is 23.7 Å². The molecule has 0 radical (unpaired) electrons. The molecule has 7 nitrogen and oxygen atoms in total. The van der Waals surface area contributed by atoms with Gasteiger partial charge in [-0.3, -0.25) is 0 Å². The molecule has 4 fully saturated rings. The molecule has 1 N–H and O–H groups in total. The van der Waals surface area contributed by atoms with E-state index in [0.29, 0.717) is 6.61 Å². The minimum absolute atomic E-state index is 0.115. The van der Waals surface area contributed by atoms with Crippen LogP contribution in [0.25, 0.3) is 0 Å². The van der Waals surface area contributed by atoms with E-state index in [1.165, 1.54) is 5.57 Å². The second kappa shape index (κ2) is 6.69. The molecule has 5 unspecified atom stereocenters. The van der Waals surface area contributed by atoms with Gasteiger partial charge in [-0.05, 0) is 47.0 Å². The molecule has 7 heteroatoms. The molecular formula is C21H33NO6. The summed E-state index contributed by atoms with van der Waals surface area (Å²) in [5.41, 5.74) is 0.394. The highest BCUT2D eigenvalue weighted by Gasteiger charge is 2.94. The number of methoxy groups -OCH3 is 2. The van der Waals surface area contributed by atoms with Crippen molar-refractivity contribution >= 4 is 6.09 Å². The Labute approximate surface area is 167 Å². The van der Waals surface area contributed by atoms with E-state index in [-0.39, 0.29) is 41.5 Å². The van der Waals surface area contributed by atoms with Gasteiger partial charge in [-0.25, -0.2) is 4.79 Å². The summed E-state index contributed by atoms with van der Waals surface area (Å²) in [6.07, 6.45) is 4.08. The molecular weight excluding hydrogens is 362 g/mol. The number of hydrogen-bond donors (Lipinski definition) is 1. The van der Waals surface area contributed by atoms with Crippen molar-refractivity contribution in [1.82, 2.24) is 5.32 Å². The summed E-state index contributed by atoms with van der Waals surface area (Å²) in [4.78, 5) is 12.5. The smallest absolute Gasteiger partial charge is 0.407 e. The number of hydrogen-bond acceptors (Lipinski definition) is 6. The fourth-order valence-electron chi connectivity index (χ4n) is 5.52. The monoisotopic (exact) mass is 395 g/mol. The number of rotatable bonds is 7. The maximum atomic E-state index is 12.5. The van der Waals surface area contributed by atoms with Gasteiger partial charge in [-0.1, -0.05) is 11.6 Å². The lowest BCUT2D eigenvalue weighted by Crippen LogP contribution is -2.66. The first-order valence-corrected chi connectivity index (χ1v) is 10.2. The van der Waals surface area contributed by atoms with E-state index in [4.69, 9.17) is 23.7 Å². The van der Waals surface area contributed by atoms with Gasteiger partial charge >= 0.3 is 6.09 Å². The lowest BCUT2D eigenvalue weighted by Gasteiger charge is -2.48. The summed E-state index contributed by atoms with van der Waals surface area (Å²) in [6.45, 7) is 8.40. The summed E-state index contributed by atoms with van der Waals surface area (Å²) in [5, 5.41) is 2.88. The van der Waals surface area contributed by atoms with Crippen molar-refractivity contribution < 1.29 is 28.5 Å². The molecule has 158 valence electrons. The second-order valence-corrected chi connectivity index (χ2v) is 9.53. The van der Waals surface area contributed by atoms with Crippen molar-refractivity contribution in [2.45, 2.75) is 88.1 Å². The van der Waals surface area contributed by atoms with Crippen molar-refractivity contribution in [1.29, 1.82) is 0 Å². The Hall–Kier alpha value is -1.15. The molecule has 0 bridgehead atoms. The Balaban J connectivity index is 1.42. The lowest BCUT2D eigenvalue weighted by atomic mass is 9.55. The normalized spacial score (nSPS) is 42.7. The fraction of sp³-hybridized carbons (Fsp3) is 0.857. The highest BCUT2D eigenvalue weighted by atomic mass is 16.7. The number of carbonyl (C=O) groups excluding carboxylic acids is 1. The Morgan fingerprint density at radius 3 is 2.68 bits per heavy atom. The second-order valence-electron chi connectivity index (χ2n) is 9.53. The van der Waals surface area contributed by atoms with Crippen LogP contribution in [0.3, 0.4) is 0 Å². The highest BCUT2D eigenvalue weighted by molar-refractivity contribution is 5.68. The van der Waals surface area contributed by atoms with Crippen molar-refractivity contribution in [3.8, 4) is 0 Å². The third kappa shape index (κ3) is 2.98. The zero-order valence-electron chi connectivity index (χ0n) is 17.7. The van der Waals surface area contributed by atoms with Crippen molar-refractivity contribution in [2.75, 3.05) is 20.8 Å². The van der Waals surface area contributed by atoms with Crippen LogP contribution in [0.1, 0.15) is 47.0 Å². The standard InChI is InChI=1S/C21H33NO6/c1-12(2)7-8-14-21(27-14)16-15(25-6)13(9-10-20(16)17(21)28-20)26-18(23)22-19(3,4)11-24-5/h7,13-17H,8-11H2,1-6H3,(H,22,23)/t13?,14-,15?,16?,17?,20-,21?/m1/s1. The van der Waals surface area contributed by atoms with E-state index in [2.05, 4.69) is 25.2 Å². The highest BCUT2D eigenvalue weighted by Crippen LogP contribution is 2.77. The van der Waals surface area contributed by atoms with Crippen molar-refractivity contribution in [2.24, 2.45) is 5.92 Å².